The van der Waals surface area contributed by atoms with E-state index in [1.54, 1.807) is 0 Å². The zero-order valence-corrected chi connectivity index (χ0v) is 12.2. The third-order valence-electron chi connectivity index (χ3n) is 4.00. The maximum atomic E-state index is 12.8. The Morgan fingerprint density at radius 2 is 2.20 bits per heavy atom. The number of benzene rings is 1. The van der Waals surface area contributed by atoms with E-state index in [0.717, 1.165) is 35.7 Å². The van der Waals surface area contributed by atoms with Crippen molar-refractivity contribution in [2.75, 3.05) is 0 Å². The average molecular weight is 270 g/mol. The van der Waals surface area contributed by atoms with Crippen LogP contribution in [0.15, 0.2) is 30.5 Å². The monoisotopic (exact) mass is 270 g/mol. The van der Waals surface area contributed by atoms with Crippen LogP contribution in [0, 0.1) is 10.8 Å². The highest BCUT2D eigenvalue weighted by Gasteiger charge is 2.32. The summed E-state index contributed by atoms with van der Waals surface area (Å²) in [7, 11) is 0. The number of hydrogen-bond acceptors (Lipinski definition) is 2. The maximum Gasteiger partial charge on any atom is 0.169 e. The molecule has 1 atom stereocenters. The van der Waals surface area contributed by atoms with Gasteiger partial charge in [0, 0.05) is 28.1 Å². The third-order valence-corrected chi connectivity index (χ3v) is 4.00. The number of aromatic nitrogens is 1. The Kier molecular flexibility index (Phi) is 4.38. The number of unbranched alkanes of at least 4 members (excludes halogenated alkanes) is 1. The number of Topliss-reactive ketones (excluding diaryl/α,β-unsaturated/α-hetero) is 1. The van der Waals surface area contributed by atoms with Gasteiger partial charge in [0.25, 0.3) is 0 Å². The number of H-pyrrole nitrogens is 1. The summed E-state index contributed by atoms with van der Waals surface area (Å²) in [5.41, 5.74) is 1.34. The van der Waals surface area contributed by atoms with Gasteiger partial charge in [0.05, 0.1) is 0 Å². The highest BCUT2D eigenvalue weighted by molar-refractivity contribution is 6.03. The fraction of sp³-hybridized carbons (Fsp3) is 0.412. The Labute approximate surface area is 119 Å². The van der Waals surface area contributed by atoms with Crippen molar-refractivity contribution in [3.05, 3.63) is 36.0 Å². The molecule has 0 saturated heterocycles. The number of rotatable bonds is 7. The molecule has 3 heteroatoms. The van der Waals surface area contributed by atoms with E-state index in [-0.39, 0.29) is 5.78 Å². The quantitative estimate of drug-likeness (QED) is 0.561. The van der Waals surface area contributed by atoms with Crippen LogP contribution < -0.4 is 0 Å². The molecule has 0 amide bonds. The van der Waals surface area contributed by atoms with Crippen LogP contribution in [0.25, 0.3) is 10.9 Å². The van der Waals surface area contributed by atoms with Crippen molar-refractivity contribution in [1.29, 1.82) is 5.41 Å². The fourth-order valence-corrected chi connectivity index (χ4v) is 2.64. The van der Waals surface area contributed by atoms with Crippen molar-refractivity contribution in [1.82, 2.24) is 4.98 Å². The zero-order chi connectivity index (χ0) is 14.6. The number of carbonyl (C=O) groups excluding carboxylic acids is 1. The van der Waals surface area contributed by atoms with Crippen molar-refractivity contribution in [3.8, 4) is 0 Å². The molecule has 0 radical (unpaired) electrons. The molecule has 0 aliphatic heterocycles. The third kappa shape index (κ3) is 2.82. The standard InChI is InChI=1S/C17H22N2O/c1-3-4-8-17(2,9-10-18)16(20)14-5-6-15-13(12-14)7-11-19-15/h5-7,10-12,18-19H,3-4,8-9H2,1-2H3/t17-/m1/s1. The Morgan fingerprint density at radius 1 is 1.40 bits per heavy atom. The van der Waals surface area contributed by atoms with Crippen molar-refractivity contribution in [2.24, 2.45) is 5.41 Å². The lowest BCUT2D eigenvalue weighted by Gasteiger charge is -2.26. The van der Waals surface area contributed by atoms with E-state index in [1.807, 2.05) is 37.4 Å². The van der Waals surface area contributed by atoms with Crippen molar-refractivity contribution < 1.29 is 4.79 Å². The molecule has 1 aromatic carbocycles. The second kappa shape index (κ2) is 6.04. The van der Waals surface area contributed by atoms with Gasteiger partial charge in [-0.2, -0.15) is 0 Å². The molecule has 1 heterocycles. The molecule has 0 spiro atoms. The summed E-state index contributed by atoms with van der Waals surface area (Å²) in [6.07, 6.45) is 6.68. The maximum absolute atomic E-state index is 12.8. The Bertz CT molecular complexity index is 614. The van der Waals surface area contributed by atoms with E-state index in [0.29, 0.717) is 6.42 Å². The Hall–Kier alpha value is -1.90. The van der Waals surface area contributed by atoms with E-state index < -0.39 is 5.41 Å². The minimum Gasteiger partial charge on any atom is -0.361 e. The molecule has 0 saturated carbocycles. The molecule has 0 aliphatic rings. The first kappa shape index (κ1) is 14.5. The first-order chi connectivity index (χ1) is 9.60. The summed E-state index contributed by atoms with van der Waals surface area (Å²) in [6, 6.07) is 7.76. The molecule has 0 unspecified atom stereocenters. The van der Waals surface area contributed by atoms with Gasteiger partial charge < -0.3 is 10.4 Å². The number of aromatic amines is 1. The predicted molar refractivity (Wildman–Crippen MR) is 83.7 cm³/mol. The van der Waals surface area contributed by atoms with Crippen LogP contribution >= 0.6 is 0 Å². The van der Waals surface area contributed by atoms with Crippen LogP contribution in [-0.4, -0.2) is 17.0 Å². The molecular formula is C17H22N2O. The SMILES string of the molecule is CCCC[C@](C)(CC=N)C(=O)c1ccc2[nH]ccc2c1. The summed E-state index contributed by atoms with van der Waals surface area (Å²) in [5, 5.41) is 8.43. The van der Waals surface area contributed by atoms with Gasteiger partial charge in [0.1, 0.15) is 0 Å². The van der Waals surface area contributed by atoms with E-state index in [9.17, 15) is 4.79 Å². The van der Waals surface area contributed by atoms with Crippen LogP contribution in [0.4, 0.5) is 0 Å². The first-order valence-electron chi connectivity index (χ1n) is 7.21. The minimum atomic E-state index is -0.457. The first-order valence-corrected chi connectivity index (χ1v) is 7.21. The van der Waals surface area contributed by atoms with Crippen LogP contribution in [-0.2, 0) is 0 Å². The van der Waals surface area contributed by atoms with Gasteiger partial charge in [-0.1, -0.05) is 26.7 Å². The van der Waals surface area contributed by atoms with Gasteiger partial charge in [-0.3, -0.25) is 4.79 Å². The summed E-state index contributed by atoms with van der Waals surface area (Å²) >= 11 is 0. The molecule has 3 nitrogen and oxygen atoms in total. The van der Waals surface area contributed by atoms with Gasteiger partial charge in [0.15, 0.2) is 5.78 Å². The van der Waals surface area contributed by atoms with E-state index >= 15 is 0 Å². The smallest absolute Gasteiger partial charge is 0.169 e. The van der Waals surface area contributed by atoms with Gasteiger partial charge in [-0.05, 0) is 43.3 Å². The second-order valence-corrected chi connectivity index (χ2v) is 5.68. The highest BCUT2D eigenvalue weighted by atomic mass is 16.1. The molecule has 2 rings (SSSR count). The van der Waals surface area contributed by atoms with Crippen molar-refractivity contribution in [3.63, 3.8) is 0 Å². The highest BCUT2D eigenvalue weighted by Crippen LogP contribution is 2.32. The summed E-state index contributed by atoms with van der Waals surface area (Å²) in [4.78, 5) is 16.0. The Morgan fingerprint density at radius 3 is 2.90 bits per heavy atom. The van der Waals surface area contributed by atoms with Gasteiger partial charge >= 0.3 is 0 Å². The number of fused-ring (bicyclic) bond motifs is 1. The van der Waals surface area contributed by atoms with Crippen LogP contribution in [0.5, 0.6) is 0 Å². The van der Waals surface area contributed by atoms with E-state index in [1.165, 1.54) is 6.21 Å². The lowest BCUT2D eigenvalue weighted by molar-refractivity contribution is 0.0809. The topological polar surface area (TPSA) is 56.7 Å². The van der Waals surface area contributed by atoms with E-state index in [4.69, 9.17) is 5.41 Å². The minimum absolute atomic E-state index is 0.151. The van der Waals surface area contributed by atoms with Crippen LogP contribution in [0.3, 0.4) is 0 Å². The molecule has 2 aromatic rings. The molecule has 1 aromatic heterocycles. The lowest BCUT2D eigenvalue weighted by Crippen LogP contribution is -2.28. The normalized spacial score (nSPS) is 14.1. The van der Waals surface area contributed by atoms with Gasteiger partial charge in [-0.25, -0.2) is 0 Å². The summed E-state index contributed by atoms with van der Waals surface area (Å²) in [6.45, 7) is 4.11. The molecule has 0 aliphatic carbocycles. The van der Waals surface area contributed by atoms with Crippen molar-refractivity contribution >= 4 is 22.9 Å². The molecule has 0 fully saturated rings. The average Bonchev–Trinajstić information content (AvgIpc) is 2.92. The number of nitrogens with one attached hydrogen (secondary N) is 2. The fourth-order valence-electron chi connectivity index (χ4n) is 2.64. The molecule has 0 bridgehead atoms. The molecule has 2 N–H and O–H groups in total. The Balaban J connectivity index is 2.32. The van der Waals surface area contributed by atoms with Gasteiger partial charge in [0.2, 0.25) is 0 Å². The largest absolute Gasteiger partial charge is 0.361 e. The number of carbonyl (C=O) groups is 1. The van der Waals surface area contributed by atoms with E-state index in [2.05, 4.69) is 11.9 Å². The molecule has 106 valence electrons. The molecule has 20 heavy (non-hydrogen) atoms. The number of hydrogen-bond donors (Lipinski definition) is 2. The second-order valence-electron chi connectivity index (χ2n) is 5.68. The number of ketones is 1. The molecular weight excluding hydrogens is 248 g/mol. The van der Waals surface area contributed by atoms with Gasteiger partial charge in [-0.15, -0.1) is 0 Å². The lowest BCUT2D eigenvalue weighted by atomic mass is 9.75. The van der Waals surface area contributed by atoms with Crippen LogP contribution in [0.2, 0.25) is 0 Å². The predicted octanol–water partition coefficient (Wildman–Crippen LogP) is 4.59. The van der Waals surface area contributed by atoms with Crippen LogP contribution in [0.1, 0.15) is 49.9 Å². The summed E-state index contributed by atoms with van der Waals surface area (Å²) < 4.78 is 0. The summed E-state index contributed by atoms with van der Waals surface area (Å²) in [5.74, 6) is 0.151. The zero-order valence-electron chi connectivity index (χ0n) is 12.2. The van der Waals surface area contributed by atoms with Crippen molar-refractivity contribution in [2.45, 2.75) is 39.5 Å².